The fourth-order valence-electron chi connectivity index (χ4n) is 1.28. The van der Waals surface area contributed by atoms with Crippen molar-refractivity contribution in [2.75, 3.05) is 0 Å². The molecule has 0 spiro atoms. The number of esters is 1. The van der Waals surface area contributed by atoms with E-state index in [1.807, 2.05) is 30.3 Å². The Kier molecular flexibility index (Phi) is 3.70. The highest BCUT2D eigenvalue weighted by atomic mass is 16.5. The van der Waals surface area contributed by atoms with E-state index in [1.54, 1.807) is 29.4 Å². The van der Waals surface area contributed by atoms with Crippen molar-refractivity contribution in [2.45, 2.75) is 6.73 Å². The van der Waals surface area contributed by atoms with Crippen LogP contribution < -0.4 is 0 Å². The van der Waals surface area contributed by atoms with Gasteiger partial charge in [0.05, 0.1) is 6.33 Å². The molecule has 1 aromatic carbocycles. The average molecular weight is 228 g/mol. The first-order valence-electron chi connectivity index (χ1n) is 5.20. The Morgan fingerprint density at radius 2 is 2.18 bits per heavy atom. The molecule has 2 aromatic rings. The first kappa shape index (κ1) is 11.1. The molecule has 4 heteroatoms. The molecule has 0 N–H and O–H groups in total. The summed E-state index contributed by atoms with van der Waals surface area (Å²) < 4.78 is 6.68. The van der Waals surface area contributed by atoms with Gasteiger partial charge in [0.1, 0.15) is 0 Å². The highest BCUT2D eigenvalue weighted by Gasteiger charge is 1.96. The van der Waals surface area contributed by atoms with Crippen LogP contribution in [0.1, 0.15) is 5.56 Å². The van der Waals surface area contributed by atoms with Gasteiger partial charge in [-0.05, 0) is 11.6 Å². The molecule has 86 valence electrons. The molecule has 0 amide bonds. The average Bonchev–Trinajstić information content (AvgIpc) is 2.88. The summed E-state index contributed by atoms with van der Waals surface area (Å²) >= 11 is 0. The van der Waals surface area contributed by atoms with Crippen molar-refractivity contribution in [3.63, 3.8) is 0 Å². The quantitative estimate of drug-likeness (QED) is 0.594. The van der Waals surface area contributed by atoms with Crippen molar-refractivity contribution in [3.8, 4) is 0 Å². The number of hydrogen-bond acceptors (Lipinski definition) is 3. The molecule has 1 heterocycles. The number of hydrogen-bond donors (Lipinski definition) is 0. The monoisotopic (exact) mass is 228 g/mol. The molecule has 0 saturated carbocycles. The Balaban J connectivity index is 1.83. The summed E-state index contributed by atoms with van der Waals surface area (Å²) in [6, 6.07) is 9.58. The molecule has 0 fully saturated rings. The molecule has 0 aliphatic rings. The molecule has 0 aliphatic carbocycles. The Bertz CT molecular complexity index is 489. The molecule has 17 heavy (non-hydrogen) atoms. The van der Waals surface area contributed by atoms with Gasteiger partial charge in [0.2, 0.25) is 0 Å². The number of carbonyl (C=O) groups is 1. The maximum atomic E-state index is 11.4. The first-order valence-corrected chi connectivity index (χ1v) is 5.20. The second-order valence-corrected chi connectivity index (χ2v) is 3.41. The smallest absolute Gasteiger partial charge is 0.332 e. The van der Waals surface area contributed by atoms with Crippen molar-refractivity contribution >= 4 is 12.0 Å². The third kappa shape index (κ3) is 3.61. The fraction of sp³-hybridized carbons (Fsp3) is 0.0769. The summed E-state index contributed by atoms with van der Waals surface area (Å²) in [6.07, 6.45) is 8.08. The third-order valence-corrected chi connectivity index (χ3v) is 2.13. The minimum atomic E-state index is -0.373. The zero-order valence-electron chi connectivity index (χ0n) is 9.19. The topological polar surface area (TPSA) is 44.1 Å². The molecular formula is C13H12N2O2. The number of benzene rings is 1. The van der Waals surface area contributed by atoms with Crippen LogP contribution in [0.2, 0.25) is 0 Å². The van der Waals surface area contributed by atoms with Crippen molar-refractivity contribution in [3.05, 3.63) is 60.7 Å². The molecule has 0 atom stereocenters. The largest absolute Gasteiger partial charge is 0.441 e. The Hall–Kier alpha value is -2.36. The molecule has 2 rings (SSSR count). The van der Waals surface area contributed by atoms with E-state index in [2.05, 4.69) is 4.98 Å². The summed E-state index contributed by atoms with van der Waals surface area (Å²) in [4.78, 5) is 15.2. The molecule has 0 saturated heterocycles. The molecule has 0 bridgehead atoms. The van der Waals surface area contributed by atoms with Gasteiger partial charge < -0.3 is 9.30 Å². The minimum absolute atomic E-state index is 0.179. The zero-order valence-corrected chi connectivity index (χ0v) is 9.19. The Morgan fingerprint density at radius 3 is 2.88 bits per heavy atom. The van der Waals surface area contributed by atoms with E-state index >= 15 is 0 Å². The number of ether oxygens (including phenoxy) is 1. The zero-order chi connectivity index (χ0) is 11.9. The van der Waals surface area contributed by atoms with E-state index < -0.39 is 0 Å². The van der Waals surface area contributed by atoms with Gasteiger partial charge in [-0.2, -0.15) is 0 Å². The Labute approximate surface area is 99.2 Å². The van der Waals surface area contributed by atoms with Gasteiger partial charge in [-0.25, -0.2) is 9.78 Å². The van der Waals surface area contributed by atoms with Gasteiger partial charge >= 0.3 is 5.97 Å². The lowest BCUT2D eigenvalue weighted by Crippen LogP contribution is -2.05. The lowest BCUT2D eigenvalue weighted by Gasteiger charge is -2.01. The van der Waals surface area contributed by atoms with E-state index in [4.69, 9.17) is 4.74 Å². The van der Waals surface area contributed by atoms with Gasteiger partial charge in [0.15, 0.2) is 6.73 Å². The van der Waals surface area contributed by atoms with Gasteiger partial charge in [-0.3, -0.25) is 0 Å². The maximum absolute atomic E-state index is 11.4. The first-order chi connectivity index (χ1) is 8.34. The van der Waals surface area contributed by atoms with Crippen LogP contribution in [-0.4, -0.2) is 15.5 Å². The van der Waals surface area contributed by atoms with Crippen LogP contribution in [0.5, 0.6) is 0 Å². The van der Waals surface area contributed by atoms with Crippen LogP contribution in [0.4, 0.5) is 0 Å². The van der Waals surface area contributed by atoms with Crippen molar-refractivity contribution in [1.29, 1.82) is 0 Å². The second-order valence-electron chi connectivity index (χ2n) is 3.41. The van der Waals surface area contributed by atoms with E-state index in [0.717, 1.165) is 5.56 Å². The van der Waals surface area contributed by atoms with Crippen molar-refractivity contribution < 1.29 is 9.53 Å². The van der Waals surface area contributed by atoms with Gasteiger partial charge in [0, 0.05) is 18.5 Å². The lowest BCUT2D eigenvalue weighted by atomic mass is 10.2. The van der Waals surface area contributed by atoms with Crippen LogP contribution in [0.25, 0.3) is 6.08 Å². The molecule has 0 unspecified atom stereocenters. The van der Waals surface area contributed by atoms with E-state index in [1.165, 1.54) is 6.08 Å². The van der Waals surface area contributed by atoms with E-state index in [0.29, 0.717) is 0 Å². The van der Waals surface area contributed by atoms with Gasteiger partial charge in [-0.1, -0.05) is 30.3 Å². The van der Waals surface area contributed by atoms with Crippen molar-refractivity contribution in [1.82, 2.24) is 9.55 Å². The fourth-order valence-corrected chi connectivity index (χ4v) is 1.28. The number of carbonyl (C=O) groups excluding carboxylic acids is 1. The van der Waals surface area contributed by atoms with Crippen LogP contribution in [0, 0.1) is 0 Å². The van der Waals surface area contributed by atoms with Crippen LogP contribution in [-0.2, 0) is 16.3 Å². The highest BCUT2D eigenvalue weighted by Crippen LogP contribution is 2.01. The van der Waals surface area contributed by atoms with Crippen LogP contribution in [0.15, 0.2) is 55.1 Å². The van der Waals surface area contributed by atoms with Crippen LogP contribution >= 0.6 is 0 Å². The lowest BCUT2D eigenvalue weighted by molar-refractivity contribution is -0.141. The summed E-state index contributed by atoms with van der Waals surface area (Å²) in [5.41, 5.74) is 0.965. The normalized spacial score (nSPS) is 10.6. The standard InChI is InChI=1S/C13H12N2O2/c16-13(17-11-15-9-8-14-10-15)7-6-12-4-2-1-3-5-12/h1-10H,11H2/b7-6+. The molecule has 0 radical (unpaired) electrons. The highest BCUT2D eigenvalue weighted by molar-refractivity contribution is 5.86. The molecule has 4 nitrogen and oxygen atoms in total. The predicted molar refractivity (Wildman–Crippen MR) is 63.8 cm³/mol. The van der Waals surface area contributed by atoms with Crippen molar-refractivity contribution in [2.24, 2.45) is 0 Å². The van der Waals surface area contributed by atoms with Gasteiger partial charge in [0.25, 0.3) is 0 Å². The molecular weight excluding hydrogens is 216 g/mol. The van der Waals surface area contributed by atoms with E-state index in [-0.39, 0.29) is 12.7 Å². The second kappa shape index (κ2) is 5.65. The summed E-state index contributed by atoms with van der Waals surface area (Å²) in [5, 5.41) is 0. The van der Waals surface area contributed by atoms with E-state index in [9.17, 15) is 4.79 Å². The SMILES string of the molecule is O=C(/C=C/c1ccccc1)OCn1ccnc1. The van der Waals surface area contributed by atoms with Crippen LogP contribution in [0.3, 0.4) is 0 Å². The van der Waals surface area contributed by atoms with Gasteiger partial charge in [-0.15, -0.1) is 0 Å². The summed E-state index contributed by atoms with van der Waals surface area (Å²) in [7, 11) is 0. The Morgan fingerprint density at radius 1 is 1.35 bits per heavy atom. The predicted octanol–water partition coefficient (Wildman–Crippen LogP) is 2.10. The number of rotatable bonds is 4. The maximum Gasteiger partial charge on any atom is 0.332 e. The summed E-state index contributed by atoms with van der Waals surface area (Å²) in [5.74, 6) is -0.373. The third-order valence-electron chi connectivity index (χ3n) is 2.13. The number of imidazole rings is 1. The number of aromatic nitrogens is 2. The summed E-state index contributed by atoms with van der Waals surface area (Å²) in [6.45, 7) is 0.179. The molecule has 0 aliphatic heterocycles. The molecule has 1 aromatic heterocycles. The number of nitrogens with zero attached hydrogens (tertiary/aromatic N) is 2. The minimum Gasteiger partial charge on any atom is -0.441 e.